The van der Waals surface area contributed by atoms with E-state index in [9.17, 15) is 0 Å². The lowest BCUT2D eigenvalue weighted by Gasteiger charge is -2.16. The zero-order chi connectivity index (χ0) is 13.8. The lowest BCUT2D eigenvalue weighted by molar-refractivity contribution is 0.538. The molecule has 1 aromatic heterocycles. The number of halogens is 3. The molecule has 1 atom stereocenters. The summed E-state index contributed by atoms with van der Waals surface area (Å²) >= 11 is 18.0. The van der Waals surface area contributed by atoms with Crippen LogP contribution in [0, 0.1) is 0 Å². The van der Waals surface area contributed by atoms with E-state index in [2.05, 4.69) is 10.4 Å². The number of hydrogen-bond donors (Lipinski definition) is 2. The summed E-state index contributed by atoms with van der Waals surface area (Å²) < 4.78 is 0. The number of nitrogens with zero attached hydrogens (tertiary/aromatic N) is 1. The van der Waals surface area contributed by atoms with Gasteiger partial charge in [-0.3, -0.25) is 16.3 Å². The minimum absolute atomic E-state index is 0.159. The summed E-state index contributed by atoms with van der Waals surface area (Å²) in [6.45, 7) is 0. The van der Waals surface area contributed by atoms with E-state index in [1.54, 1.807) is 18.3 Å². The van der Waals surface area contributed by atoms with Crippen LogP contribution in [0.4, 0.5) is 0 Å². The fourth-order valence-corrected chi connectivity index (χ4v) is 2.28. The summed E-state index contributed by atoms with van der Waals surface area (Å²) in [5.41, 5.74) is 4.43. The largest absolute Gasteiger partial charge is 0.271 e. The number of pyridine rings is 1. The van der Waals surface area contributed by atoms with Gasteiger partial charge in [-0.2, -0.15) is 0 Å². The molecule has 0 bridgehead atoms. The van der Waals surface area contributed by atoms with E-state index in [-0.39, 0.29) is 6.04 Å². The Hall–Kier alpha value is -0.840. The van der Waals surface area contributed by atoms with E-state index in [4.69, 9.17) is 40.6 Å². The van der Waals surface area contributed by atoms with Crippen molar-refractivity contribution in [3.63, 3.8) is 0 Å². The SMILES string of the molecule is NNC(Cc1cccc(Cl)c1Cl)c1ccc(Cl)cn1. The van der Waals surface area contributed by atoms with Gasteiger partial charge in [0.25, 0.3) is 0 Å². The van der Waals surface area contributed by atoms with Crippen LogP contribution in [0.1, 0.15) is 17.3 Å². The lowest BCUT2D eigenvalue weighted by Crippen LogP contribution is -2.30. The molecule has 3 N–H and O–H groups in total. The van der Waals surface area contributed by atoms with Crippen molar-refractivity contribution in [3.05, 3.63) is 62.9 Å². The maximum Gasteiger partial charge on any atom is 0.0672 e. The second kappa shape index (κ2) is 6.55. The first-order chi connectivity index (χ1) is 9.11. The summed E-state index contributed by atoms with van der Waals surface area (Å²) in [6.07, 6.45) is 2.17. The molecule has 2 aromatic rings. The highest BCUT2D eigenvalue weighted by Gasteiger charge is 2.14. The fourth-order valence-electron chi connectivity index (χ4n) is 1.77. The van der Waals surface area contributed by atoms with Crippen molar-refractivity contribution < 1.29 is 0 Å². The summed E-state index contributed by atoms with van der Waals surface area (Å²) in [4.78, 5) is 4.25. The van der Waals surface area contributed by atoms with Gasteiger partial charge in [0.2, 0.25) is 0 Å². The van der Waals surface area contributed by atoms with Crippen molar-refractivity contribution in [2.75, 3.05) is 0 Å². The van der Waals surface area contributed by atoms with Crippen LogP contribution < -0.4 is 11.3 Å². The van der Waals surface area contributed by atoms with Crippen molar-refractivity contribution in [3.8, 4) is 0 Å². The van der Waals surface area contributed by atoms with Crippen LogP contribution in [0.5, 0.6) is 0 Å². The Morgan fingerprint density at radius 2 is 1.95 bits per heavy atom. The van der Waals surface area contributed by atoms with Gasteiger partial charge in [0.05, 0.1) is 26.8 Å². The molecule has 1 heterocycles. The molecular formula is C13H12Cl3N3. The molecule has 1 unspecified atom stereocenters. The first kappa shape index (κ1) is 14.6. The van der Waals surface area contributed by atoms with E-state index < -0.39 is 0 Å². The predicted molar refractivity (Wildman–Crippen MR) is 79.5 cm³/mol. The summed E-state index contributed by atoms with van der Waals surface area (Å²) in [5, 5.41) is 1.65. The zero-order valence-electron chi connectivity index (χ0n) is 9.91. The number of hydrogen-bond acceptors (Lipinski definition) is 3. The number of benzene rings is 1. The number of hydrazine groups is 1. The molecule has 6 heteroatoms. The molecule has 0 saturated heterocycles. The highest BCUT2D eigenvalue weighted by Crippen LogP contribution is 2.28. The van der Waals surface area contributed by atoms with Gasteiger partial charge in [-0.05, 0) is 30.2 Å². The number of rotatable bonds is 4. The van der Waals surface area contributed by atoms with Crippen molar-refractivity contribution in [2.45, 2.75) is 12.5 Å². The van der Waals surface area contributed by atoms with E-state index in [0.717, 1.165) is 11.3 Å². The number of nitrogens with one attached hydrogen (secondary N) is 1. The van der Waals surface area contributed by atoms with Crippen LogP contribution >= 0.6 is 34.8 Å². The molecule has 0 aliphatic heterocycles. The highest BCUT2D eigenvalue weighted by atomic mass is 35.5. The second-order valence-electron chi connectivity index (χ2n) is 4.04. The van der Waals surface area contributed by atoms with Gasteiger partial charge in [-0.25, -0.2) is 0 Å². The smallest absolute Gasteiger partial charge is 0.0672 e. The average Bonchev–Trinajstić information content (AvgIpc) is 2.42. The third kappa shape index (κ3) is 3.59. The molecule has 3 nitrogen and oxygen atoms in total. The maximum atomic E-state index is 6.16. The topological polar surface area (TPSA) is 50.9 Å². The molecule has 0 aliphatic carbocycles. The predicted octanol–water partition coefficient (Wildman–Crippen LogP) is 3.79. The van der Waals surface area contributed by atoms with E-state index in [1.165, 1.54) is 0 Å². The van der Waals surface area contributed by atoms with E-state index in [1.807, 2.05) is 18.2 Å². The highest BCUT2D eigenvalue weighted by molar-refractivity contribution is 6.42. The van der Waals surface area contributed by atoms with Gasteiger partial charge in [0.15, 0.2) is 0 Å². The molecule has 0 spiro atoms. The van der Waals surface area contributed by atoms with Crippen molar-refractivity contribution in [1.29, 1.82) is 0 Å². The fraction of sp³-hybridized carbons (Fsp3) is 0.154. The van der Waals surface area contributed by atoms with Crippen LogP contribution in [0.15, 0.2) is 36.5 Å². The molecule has 100 valence electrons. The molecule has 0 radical (unpaired) electrons. The molecule has 0 amide bonds. The Kier molecular flexibility index (Phi) is 5.02. The molecule has 0 fully saturated rings. The Balaban J connectivity index is 2.24. The van der Waals surface area contributed by atoms with Crippen LogP contribution in [0.25, 0.3) is 0 Å². The van der Waals surface area contributed by atoms with Crippen LogP contribution in [0.2, 0.25) is 15.1 Å². The van der Waals surface area contributed by atoms with Crippen molar-refractivity contribution in [1.82, 2.24) is 10.4 Å². The molecular weight excluding hydrogens is 305 g/mol. The van der Waals surface area contributed by atoms with Gasteiger partial charge in [-0.15, -0.1) is 0 Å². The zero-order valence-corrected chi connectivity index (χ0v) is 12.2. The van der Waals surface area contributed by atoms with Crippen molar-refractivity contribution >= 4 is 34.8 Å². The van der Waals surface area contributed by atoms with Crippen LogP contribution in [0.3, 0.4) is 0 Å². The molecule has 0 aliphatic rings. The lowest BCUT2D eigenvalue weighted by atomic mass is 10.0. The van der Waals surface area contributed by atoms with Gasteiger partial charge in [-0.1, -0.05) is 46.9 Å². The number of aromatic nitrogens is 1. The Bertz CT molecular complexity index is 558. The van der Waals surface area contributed by atoms with Gasteiger partial charge in [0.1, 0.15) is 0 Å². The van der Waals surface area contributed by atoms with E-state index >= 15 is 0 Å². The third-order valence-corrected chi connectivity index (χ3v) is 3.85. The molecule has 19 heavy (non-hydrogen) atoms. The minimum Gasteiger partial charge on any atom is -0.271 e. The first-order valence-corrected chi connectivity index (χ1v) is 6.75. The van der Waals surface area contributed by atoms with Gasteiger partial charge >= 0.3 is 0 Å². The summed E-state index contributed by atoms with van der Waals surface area (Å²) in [5.74, 6) is 5.58. The second-order valence-corrected chi connectivity index (χ2v) is 5.26. The monoisotopic (exact) mass is 315 g/mol. The third-order valence-electron chi connectivity index (χ3n) is 2.76. The van der Waals surface area contributed by atoms with Crippen LogP contribution in [-0.2, 0) is 6.42 Å². The quantitative estimate of drug-likeness (QED) is 0.666. The Morgan fingerprint density at radius 3 is 2.58 bits per heavy atom. The van der Waals surface area contributed by atoms with Crippen molar-refractivity contribution in [2.24, 2.45) is 5.84 Å². The first-order valence-electron chi connectivity index (χ1n) is 5.62. The number of nitrogens with two attached hydrogens (primary N) is 1. The van der Waals surface area contributed by atoms with Gasteiger partial charge < -0.3 is 0 Å². The average molecular weight is 317 g/mol. The Labute approximate surface area is 126 Å². The minimum atomic E-state index is -0.159. The van der Waals surface area contributed by atoms with Gasteiger partial charge in [0, 0.05) is 6.20 Å². The molecule has 2 rings (SSSR count). The normalized spacial score (nSPS) is 12.4. The Morgan fingerprint density at radius 1 is 1.16 bits per heavy atom. The summed E-state index contributed by atoms with van der Waals surface area (Å²) in [6, 6.07) is 8.95. The van der Waals surface area contributed by atoms with E-state index in [0.29, 0.717) is 21.5 Å². The molecule has 1 aromatic carbocycles. The molecule has 0 saturated carbocycles. The standard InChI is InChI=1S/C13H12Cl3N3/c14-9-4-5-11(18-7-9)12(19-17)6-8-2-1-3-10(15)13(8)16/h1-5,7,12,19H,6,17H2. The summed E-state index contributed by atoms with van der Waals surface area (Å²) in [7, 11) is 0. The van der Waals surface area contributed by atoms with Crippen LogP contribution in [-0.4, -0.2) is 4.98 Å². The maximum absolute atomic E-state index is 6.16.